The Morgan fingerprint density at radius 2 is 1.88 bits per heavy atom. The predicted molar refractivity (Wildman–Crippen MR) is 125 cm³/mol. The fourth-order valence-electron chi connectivity index (χ4n) is 3.14. The van der Waals surface area contributed by atoms with Gasteiger partial charge in [0.25, 0.3) is 5.91 Å². The van der Waals surface area contributed by atoms with Crippen LogP contribution in [0, 0.1) is 6.92 Å². The van der Waals surface area contributed by atoms with Crippen LogP contribution in [0.1, 0.15) is 11.3 Å². The van der Waals surface area contributed by atoms with E-state index < -0.39 is 18.5 Å². The molecule has 0 fully saturated rings. The van der Waals surface area contributed by atoms with Crippen molar-refractivity contribution in [1.29, 1.82) is 0 Å². The Balaban J connectivity index is 1.49. The molecule has 0 aliphatic carbocycles. The molecule has 1 N–H and O–H groups in total. The Hall–Kier alpha value is -4.66. The molecule has 0 radical (unpaired) electrons. The van der Waals surface area contributed by atoms with Crippen LogP contribution in [0.4, 0.5) is 5.82 Å². The van der Waals surface area contributed by atoms with Crippen molar-refractivity contribution in [1.82, 2.24) is 14.9 Å². The first kappa shape index (κ1) is 22.5. The highest BCUT2D eigenvalue weighted by Crippen LogP contribution is 2.26. The van der Waals surface area contributed by atoms with Gasteiger partial charge in [0.1, 0.15) is 11.5 Å². The van der Waals surface area contributed by atoms with E-state index in [1.165, 1.54) is 6.08 Å². The van der Waals surface area contributed by atoms with E-state index >= 15 is 0 Å². The lowest BCUT2D eigenvalue weighted by atomic mass is 10.1. The summed E-state index contributed by atoms with van der Waals surface area (Å²) in [4.78, 5) is 24.2. The Kier molecular flexibility index (Phi) is 6.83. The Morgan fingerprint density at radius 1 is 1.12 bits per heavy atom. The van der Waals surface area contributed by atoms with Gasteiger partial charge in [-0.05, 0) is 49.4 Å². The molecular weight excluding hydrogens is 436 g/mol. The molecular formula is C25H22N4O5. The van der Waals surface area contributed by atoms with Crippen molar-refractivity contribution in [3.63, 3.8) is 0 Å². The van der Waals surface area contributed by atoms with E-state index in [1.54, 1.807) is 30.9 Å². The fourth-order valence-corrected chi connectivity index (χ4v) is 3.14. The highest BCUT2D eigenvalue weighted by Gasteiger charge is 2.12. The van der Waals surface area contributed by atoms with E-state index in [1.807, 2.05) is 60.8 Å². The van der Waals surface area contributed by atoms with Crippen LogP contribution in [-0.2, 0) is 14.3 Å². The highest BCUT2D eigenvalue weighted by atomic mass is 16.5. The third-order valence-corrected chi connectivity index (χ3v) is 4.77. The molecule has 0 saturated heterocycles. The summed E-state index contributed by atoms with van der Waals surface area (Å²) in [6.07, 6.45) is 4.68. The Bertz CT molecular complexity index is 1310. The predicted octanol–water partition coefficient (Wildman–Crippen LogP) is 4.04. The summed E-state index contributed by atoms with van der Waals surface area (Å²) in [5, 5.41) is 10.8. The summed E-state index contributed by atoms with van der Waals surface area (Å²) in [7, 11) is 1.60. The largest absolute Gasteiger partial charge is 0.497 e. The van der Waals surface area contributed by atoms with E-state index in [0.29, 0.717) is 17.0 Å². The van der Waals surface area contributed by atoms with Crippen molar-refractivity contribution < 1.29 is 23.6 Å². The van der Waals surface area contributed by atoms with E-state index in [4.69, 9.17) is 19.1 Å². The number of nitrogens with one attached hydrogen (secondary N) is 1. The maximum Gasteiger partial charge on any atom is 0.331 e. The number of carbonyl (C=O) groups is 2. The van der Waals surface area contributed by atoms with Crippen molar-refractivity contribution in [3.8, 4) is 22.7 Å². The molecule has 0 atom stereocenters. The first-order valence-electron chi connectivity index (χ1n) is 10.4. The summed E-state index contributed by atoms with van der Waals surface area (Å²) in [6, 6.07) is 18.7. The molecule has 2 aromatic carbocycles. The monoisotopic (exact) mass is 458 g/mol. The second-order valence-electron chi connectivity index (χ2n) is 7.25. The third-order valence-electron chi connectivity index (χ3n) is 4.77. The molecule has 0 unspecified atom stereocenters. The SMILES string of the molecule is COc1ccc(-c2nn(-c3ccccc3)cc2/C=C/C(=O)OCC(=O)Nc2cc(C)on2)cc1. The lowest BCUT2D eigenvalue weighted by molar-refractivity contribution is -0.142. The molecule has 9 heteroatoms. The van der Waals surface area contributed by atoms with Gasteiger partial charge in [0.2, 0.25) is 0 Å². The number of hydrogen-bond acceptors (Lipinski definition) is 7. The van der Waals surface area contributed by atoms with Crippen LogP contribution in [0.5, 0.6) is 5.75 Å². The molecule has 2 heterocycles. The van der Waals surface area contributed by atoms with Crippen LogP contribution in [0.25, 0.3) is 23.0 Å². The summed E-state index contributed by atoms with van der Waals surface area (Å²) in [6.45, 7) is 1.25. The molecule has 9 nitrogen and oxygen atoms in total. The van der Waals surface area contributed by atoms with Gasteiger partial charge < -0.3 is 19.3 Å². The molecule has 0 aliphatic heterocycles. The van der Waals surface area contributed by atoms with E-state index in [-0.39, 0.29) is 5.82 Å². The maximum absolute atomic E-state index is 12.2. The van der Waals surface area contributed by atoms with Crippen LogP contribution in [0.3, 0.4) is 0 Å². The summed E-state index contributed by atoms with van der Waals surface area (Å²) in [5.41, 5.74) is 3.10. The minimum Gasteiger partial charge on any atom is -0.497 e. The van der Waals surface area contributed by atoms with Crippen LogP contribution in [-0.4, -0.2) is 40.5 Å². The Morgan fingerprint density at radius 3 is 2.56 bits per heavy atom. The fraction of sp³-hybridized carbons (Fsp3) is 0.120. The van der Waals surface area contributed by atoms with Gasteiger partial charge in [-0.25, -0.2) is 9.48 Å². The number of benzene rings is 2. The smallest absolute Gasteiger partial charge is 0.331 e. The second-order valence-corrected chi connectivity index (χ2v) is 7.25. The zero-order valence-corrected chi connectivity index (χ0v) is 18.6. The number of nitrogens with zero attached hydrogens (tertiary/aromatic N) is 3. The van der Waals surface area contributed by atoms with Crippen molar-refractivity contribution >= 4 is 23.8 Å². The van der Waals surface area contributed by atoms with Crippen LogP contribution >= 0.6 is 0 Å². The highest BCUT2D eigenvalue weighted by molar-refractivity contribution is 5.94. The average Bonchev–Trinajstić information content (AvgIpc) is 3.48. The number of carbonyl (C=O) groups excluding carboxylic acids is 2. The van der Waals surface area contributed by atoms with Gasteiger partial charge in [0.15, 0.2) is 12.4 Å². The van der Waals surface area contributed by atoms with Gasteiger partial charge in [-0.1, -0.05) is 23.4 Å². The minimum absolute atomic E-state index is 0.256. The number of methoxy groups -OCH3 is 1. The van der Waals surface area contributed by atoms with Crippen molar-refractivity contribution in [3.05, 3.63) is 84.3 Å². The first-order valence-corrected chi connectivity index (χ1v) is 10.4. The average molecular weight is 458 g/mol. The van der Waals surface area contributed by atoms with Crippen molar-refractivity contribution in [2.75, 3.05) is 19.0 Å². The molecule has 0 spiro atoms. The number of aromatic nitrogens is 3. The van der Waals surface area contributed by atoms with Gasteiger partial charge in [-0.3, -0.25) is 4.79 Å². The van der Waals surface area contributed by atoms with E-state index in [2.05, 4.69) is 10.5 Å². The molecule has 4 rings (SSSR count). The minimum atomic E-state index is -0.667. The molecule has 0 bridgehead atoms. The number of rotatable bonds is 8. The Labute approximate surface area is 195 Å². The quantitative estimate of drug-likeness (QED) is 0.314. The second kappa shape index (κ2) is 10.3. The molecule has 0 aliphatic rings. The molecule has 2 aromatic heterocycles. The molecule has 4 aromatic rings. The zero-order chi connectivity index (χ0) is 23.9. The summed E-state index contributed by atoms with van der Waals surface area (Å²) in [5.74, 6) is 0.349. The van der Waals surface area contributed by atoms with Gasteiger partial charge in [-0.15, -0.1) is 0 Å². The zero-order valence-electron chi connectivity index (χ0n) is 18.6. The van der Waals surface area contributed by atoms with Crippen LogP contribution in [0.2, 0.25) is 0 Å². The lowest BCUT2D eigenvalue weighted by Gasteiger charge is -2.03. The third kappa shape index (κ3) is 5.57. The molecule has 0 saturated carbocycles. The molecule has 1 amide bonds. The number of aryl methyl sites for hydroxylation is 1. The summed E-state index contributed by atoms with van der Waals surface area (Å²) < 4.78 is 16.9. The number of esters is 1. The van der Waals surface area contributed by atoms with Gasteiger partial charge in [-0.2, -0.15) is 5.10 Å². The van der Waals surface area contributed by atoms with Gasteiger partial charge in [0, 0.05) is 29.5 Å². The first-order chi connectivity index (χ1) is 16.5. The lowest BCUT2D eigenvalue weighted by Crippen LogP contribution is -2.20. The van der Waals surface area contributed by atoms with Crippen molar-refractivity contribution in [2.45, 2.75) is 6.92 Å². The molecule has 172 valence electrons. The van der Waals surface area contributed by atoms with Gasteiger partial charge >= 0.3 is 5.97 Å². The standard InChI is InChI=1S/C25H22N4O5/c1-17-14-22(28-34-17)26-23(30)16-33-24(31)13-10-19-15-29(20-6-4-3-5-7-20)27-25(19)18-8-11-21(32-2)12-9-18/h3-15H,16H2,1-2H3,(H,26,28,30)/b13-10+. The van der Waals surface area contributed by atoms with E-state index in [9.17, 15) is 9.59 Å². The maximum atomic E-state index is 12.2. The van der Waals surface area contributed by atoms with Crippen LogP contribution < -0.4 is 10.1 Å². The number of para-hydroxylation sites is 1. The van der Waals surface area contributed by atoms with E-state index in [0.717, 1.165) is 17.0 Å². The topological polar surface area (TPSA) is 108 Å². The van der Waals surface area contributed by atoms with Crippen molar-refractivity contribution in [2.24, 2.45) is 0 Å². The van der Waals surface area contributed by atoms with Gasteiger partial charge in [0.05, 0.1) is 18.5 Å². The number of ether oxygens (including phenoxy) is 2. The molecule has 34 heavy (non-hydrogen) atoms. The summed E-state index contributed by atoms with van der Waals surface area (Å²) >= 11 is 0. The van der Waals surface area contributed by atoms with Crippen LogP contribution in [0.15, 0.2) is 77.5 Å². The number of hydrogen-bond donors (Lipinski definition) is 1. The number of amides is 1. The number of anilines is 1. The normalized spacial score (nSPS) is 10.9.